The lowest BCUT2D eigenvalue weighted by atomic mass is 10.1. The Morgan fingerprint density at radius 2 is 1.78 bits per heavy atom. The average Bonchev–Trinajstić information content (AvgIpc) is 3.47. The zero-order chi connectivity index (χ0) is 19.6. The van der Waals surface area contributed by atoms with E-state index in [1.54, 1.807) is 0 Å². The first-order valence-corrected chi connectivity index (χ1v) is 8.13. The minimum absolute atomic E-state index is 0.0552. The van der Waals surface area contributed by atoms with Crippen LogP contribution in [-0.4, -0.2) is 31.8 Å². The summed E-state index contributed by atoms with van der Waals surface area (Å²) in [6, 6.07) is 4.17. The van der Waals surface area contributed by atoms with Gasteiger partial charge < -0.3 is 5.32 Å². The number of nitro groups is 2. The third-order valence-electron chi connectivity index (χ3n) is 4.12. The number of aromatic nitrogens is 2. The molecule has 2 aromatic rings. The van der Waals surface area contributed by atoms with Crippen molar-refractivity contribution in [1.29, 1.82) is 0 Å². The SMILES string of the molecule is O=C(NCCn1cnc(C2CC2)cc1=O)c1cc([N+](=O)[O-])cc([N+](=O)[O-])c1. The van der Waals surface area contributed by atoms with Gasteiger partial charge in [0.25, 0.3) is 22.8 Å². The Kier molecular flexibility index (Phi) is 4.92. The number of hydrogen-bond donors (Lipinski definition) is 1. The van der Waals surface area contributed by atoms with E-state index < -0.39 is 27.1 Å². The summed E-state index contributed by atoms with van der Waals surface area (Å²) in [7, 11) is 0. The maximum Gasteiger partial charge on any atom is 0.277 e. The van der Waals surface area contributed by atoms with Crippen molar-refractivity contribution in [3.8, 4) is 0 Å². The standard InChI is InChI=1S/C16H15N5O6/c22-15-8-14(10-1-2-10)18-9-19(15)4-3-17-16(23)11-5-12(20(24)25)7-13(6-11)21(26)27/h5-10H,1-4H2,(H,17,23). The van der Waals surface area contributed by atoms with E-state index in [4.69, 9.17) is 0 Å². The average molecular weight is 373 g/mol. The van der Waals surface area contributed by atoms with Crippen LogP contribution in [0.25, 0.3) is 0 Å². The fourth-order valence-corrected chi connectivity index (χ4v) is 2.54. The number of nitrogens with one attached hydrogen (secondary N) is 1. The molecule has 1 aliphatic rings. The smallest absolute Gasteiger partial charge is 0.277 e. The molecule has 1 heterocycles. The van der Waals surface area contributed by atoms with Gasteiger partial charge in [-0.1, -0.05) is 0 Å². The summed E-state index contributed by atoms with van der Waals surface area (Å²) in [5.74, 6) is -0.353. The second-order valence-corrected chi connectivity index (χ2v) is 6.13. The third-order valence-corrected chi connectivity index (χ3v) is 4.12. The van der Waals surface area contributed by atoms with Gasteiger partial charge in [-0.15, -0.1) is 0 Å². The highest BCUT2D eigenvalue weighted by Gasteiger charge is 2.25. The van der Waals surface area contributed by atoms with Crippen LogP contribution >= 0.6 is 0 Å². The maximum atomic E-state index is 12.2. The lowest BCUT2D eigenvalue weighted by Gasteiger charge is -2.08. The molecule has 0 bridgehead atoms. The summed E-state index contributed by atoms with van der Waals surface area (Å²) in [4.78, 5) is 48.5. The number of non-ortho nitro benzene ring substituents is 2. The number of carbonyl (C=O) groups excluding carboxylic acids is 1. The highest BCUT2D eigenvalue weighted by molar-refractivity contribution is 5.95. The topological polar surface area (TPSA) is 150 Å². The molecule has 1 saturated carbocycles. The third kappa shape index (κ3) is 4.32. The van der Waals surface area contributed by atoms with E-state index in [0.717, 1.165) is 36.7 Å². The van der Waals surface area contributed by atoms with Gasteiger partial charge >= 0.3 is 0 Å². The van der Waals surface area contributed by atoms with E-state index >= 15 is 0 Å². The number of amides is 1. The Balaban J connectivity index is 1.66. The zero-order valence-electron chi connectivity index (χ0n) is 14.0. The first kappa shape index (κ1) is 18.2. The first-order valence-electron chi connectivity index (χ1n) is 8.13. The lowest BCUT2D eigenvalue weighted by molar-refractivity contribution is -0.394. The molecular weight excluding hydrogens is 358 g/mol. The molecule has 11 nitrogen and oxygen atoms in total. The largest absolute Gasteiger partial charge is 0.350 e. The Labute approximate surface area is 152 Å². The predicted molar refractivity (Wildman–Crippen MR) is 92.6 cm³/mol. The molecule has 1 fully saturated rings. The molecule has 1 amide bonds. The van der Waals surface area contributed by atoms with Crippen molar-refractivity contribution in [3.63, 3.8) is 0 Å². The van der Waals surface area contributed by atoms with E-state index in [1.165, 1.54) is 17.0 Å². The number of nitro benzene ring substituents is 2. The van der Waals surface area contributed by atoms with Crippen LogP contribution in [0.4, 0.5) is 11.4 Å². The molecule has 11 heteroatoms. The number of nitrogens with zero attached hydrogens (tertiary/aromatic N) is 4. The maximum absolute atomic E-state index is 12.2. The van der Waals surface area contributed by atoms with E-state index in [9.17, 15) is 29.8 Å². The molecule has 1 aliphatic carbocycles. The molecule has 0 spiro atoms. The number of hydrogen-bond acceptors (Lipinski definition) is 7. The molecule has 0 aliphatic heterocycles. The van der Waals surface area contributed by atoms with Gasteiger partial charge in [0.1, 0.15) is 0 Å². The summed E-state index contributed by atoms with van der Waals surface area (Å²) < 4.78 is 1.34. The minimum Gasteiger partial charge on any atom is -0.350 e. The second kappa shape index (κ2) is 7.32. The Morgan fingerprint density at radius 3 is 2.30 bits per heavy atom. The molecule has 1 aromatic carbocycles. The highest BCUT2D eigenvalue weighted by Crippen LogP contribution is 2.38. The van der Waals surface area contributed by atoms with Gasteiger partial charge in [-0.05, 0) is 12.8 Å². The Morgan fingerprint density at radius 1 is 1.15 bits per heavy atom. The van der Waals surface area contributed by atoms with E-state index in [1.807, 2.05) is 0 Å². The summed E-state index contributed by atoms with van der Waals surface area (Å²) >= 11 is 0. The van der Waals surface area contributed by atoms with Gasteiger partial charge in [-0.2, -0.15) is 0 Å². The van der Waals surface area contributed by atoms with Crippen molar-refractivity contribution in [3.05, 3.63) is 72.4 Å². The van der Waals surface area contributed by atoms with Gasteiger partial charge in [-0.3, -0.25) is 34.4 Å². The molecule has 3 rings (SSSR count). The normalized spacial score (nSPS) is 13.2. The van der Waals surface area contributed by atoms with Crippen molar-refractivity contribution >= 4 is 17.3 Å². The quantitative estimate of drug-likeness (QED) is 0.568. The van der Waals surface area contributed by atoms with Crippen molar-refractivity contribution in [1.82, 2.24) is 14.9 Å². The summed E-state index contributed by atoms with van der Waals surface area (Å²) in [5, 5.41) is 24.2. The summed E-state index contributed by atoms with van der Waals surface area (Å²) in [6.45, 7) is 0.208. The minimum atomic E-state index is -0.809. The monoisotopic (exact) mass is 373 g/mol. The van der Waals surface area contributed by atoms with Crippen LogP contribution in [0.5, 0.6) is 0 Å². The van der Waals surface area contributed by atoms with Gasteiger partial charge in [0, 0.05) is 37.2 Å². The molecule has 140 valence electrons. The van der Waals surface area contributed by atoms with Crippen molar-refractivity contribution in [2.45, 2.75) is 25.3 Å². The van der Waals surface area contributed by atoms with Gasteiger partial charge in [0.2, 0.25) is 0 Å². The number of benzene rings is 1. The van der Waals surface area contributed by atoms with Crippen molar-refractivity contribution < 1.29 is 14.6 Å². The fraction of sp³-hybridized carbons (Fsp3) is 0.312. The molecule has 0 radical (unpaired) electrons. The van der Waals surface area contributed by atoms with Crippen LogP contribution in [0, 0.1) is 20.2 Å². The Hall–Kier alpha value is -3.63. The second-order valence-electron chi connectivity index (χ2n) is 6.13. The number of carbonyl (C=O) groups is 1. The molecule has 0 saturated heterocycles. The summed E-state index contributed by atoms with van der Waals surface area (Å²) in [5.41, 5.74) is -0.766. The van der Waals surface area contributed by atoms with Crippen LogP contribution in [0.1, 0.15) is 34.8 Å². The van der Waals surface area contributed by atoms with Crippen molar-refractivity contribution in [2.75, 3.05) is 6.54 Å². The molecular formula is C16H15N5O6. The van der Waals surface area contributed by atoms with E-state index in [-0.39, 0.29) is 24.2 Å². The van der Waals surface area contributed by atoms with Crippen LogP contribution in [-0.2, 0) is 6.54 Å². The molecule has 1 aromatic heterocycles. The number of rotatable bonds is 7. The fourth-order valence-electron chi connectivity index (χ4n) is 2.54. The van der Waals surface area contributed by atoms with Crippen LogP contribution < -0.4 is 10.9 Å². The molecule has 0 atom stereocenters. The van der Waals surface area contributed by atoms with Crippen LogP contribution in [0.2, 0.25) is 0 Å². The van der Waals surface area contributed by atoms with Gasteiger partial charge in [0.15, 0.2) is 0 Å². The Bertz CT molecular complexity index is 949. The summed E-state index contributed by atoms with van der Waals surface area (Å²) in [6.07, 6.45) is 3.48. The van der Waals surface area contributed by atoms with Crippen molar-refractivity contribution in [2.24, 2.45) is 0 Å². The molecule has 27 heavy (non-hydrogen) atoms. The van der Waals surface area contributed by atoms with Crippen LogP contribution in [0.15, 0.2) is 35.4 Å². The highest BCUT2D eigenvalue weighted by atomic mass is 16.6. The van der Waals surface area contributed by atoms with E-state index in [0.29, 0.717) is 5.92 Å². The first-order chi connectivity index (χ1) is 12.8. The van der Waals surface area contributed by atoms with Gasteiger partial charge in [0.05, 0.1) is 33.5 Å². The molecule has 0 unspecified atom stereocenters. The molecule has 1 N–H and O–H groups in total. The van der Waals surface area contributed by atoms with E-state index in [2.05, 4.69) is 10.3 Å². The lowest BCUT2D eigenvalue weighted by Crippen LogP contribution is -2.31. The van der Waals surface area contributed by atoms with Crippen LogP contribution in [0.3, 0.4) is 0 Å². The predicted octanol–water partition coefficient (Wildman–Crippen LogP) is 1.37. The zero-order valence-corrected chi connectivity index (χ0v) is 14.0. The van der Waals surface area contributed by atoms with Gasteiger partial charge in [-0.25, -0.2) is 4.98 Å².